The van der Waals surface area contributed by atoms with Gasteiger partial charge in [0.1, 0.15) is 13.2 Å². The van der Waals surface area contributed by atoms with Gasteiger partial charge in [-0.25, -0.2) is 0 Å². The molecule has 0 spiro atoms. The predicted octanol–water partition coefficient (Wildman–Crippen LogP) is 17.8. The first kappa shape index (κ1) is 60.9. The van der Waals surface area contributed by atoms with E-state index in [1.54, 1.807) is 0 Å². The fraction of sp³-hybridized carbons (Fsp3) is 0.741. The van der Waals surface area contributed by atoms with Crippen molar-refractivity contribution >= 4 is 17.9 Å². The summed E-state index contributed by atoms with van der Waals surface area (Å²) in [6.45, 7) is 6.47. The van der Waals surface area contributed by atoms with Crippen molar-refractivity contribution < 1.29 is 28.6 Å². The molecule has 0 aliphatic heterocycles. The summed E-state index contributed by atoms with van der Waals surface area (Å²) < 4.78 is 16.8. The van der Waals surface area contributed by atoms with E-state index in [0.29, 0.717) is 19.3 Å². The van der Waals surface area contributed by atoms with E-state index in [2.05, 4.69) is 93.7 Å². The van der Waals surface area contributed by atoms with Gasteiger partial charge in [-0.2, -0.15) is 0 Å². The first-order valence-electron chi connectivity index (χ1n) is 26.9. The summed E-state index contributed by atoms with van der Waals surface area (Å²) >= 11 is 0. The van der Waals surface area contributed by atoms with Gasteiger partial charge in [0.25, 0.3) is 0 Å². The average molecular weight is 893 g/mol. The zero-order chi connectivity index (χ0) is 46.5. The second-order valence-electron chi connectivity index (χ2n) is 17.8. The summed E-state index contributed by atoms with van der Waals surface area (Å²) in [4.78, 5) is 38.0. The number of rotatable bonds is 48. The van der Waals surface area contributed by atoms with Gasteiger partial charge >= 0.3 is 17.9 Å². The van der Waals surface area contributed by atoms with Crippen LogP contribution in [0.2, 0.25) is 0 Å². The lowest BCUT2D eigenvalue weighted by Crippen LogP contribution is -2.30. The first-order chi connectivity index (χ1) is 31.5. The Morgan fingerprint density at radius 1 is 0.328 bits per heavy atom. The second-order valence-corrected chi connectivity index (χ2v) is 17.8. The molecule has 0 aliphatic rings. The minimum absolute atomic E-state index is 0.0930. The molecule has 368 valence electrons. The van der Waals surface area contributed by atoms with Gasteiger partial charge in [0, 0.05) is 19.3 Å². The largest absolute Gasteiger partial charge is 0.462 e. The van der Waals surface area contributed by atoms with Crippen LogP contribution in [0.5, 0.6) is 0 Å². The smallest absolute Gasteiger partial charge is 0.306 e. The standard InChI is InChI=1S/C58H100O6/c1-4-7-10-13-16-19-22-25-27-28-29-31-33-36-39-42-45-48-51-57(60)63-54-55(53-62-56(59)50-47-44-41-38-35-32-24-21-18-15-12-9-6-3)64-58(61)52-49-46-43-40-37-34-30-26-23-20-17-14-11-8-5-2/h8,11,17,19-20,22,26-28,30,37,40,55H,4-7,9-10,12-16,18,21,23-25,29,31-36,38-39,41-54H2,1-3H3/b11-8-,20-17-,22-19-,28-27-,30-26-,40-37-. The Hall–Kier alpha value is -3.15. The molecule has 0 aromatic heterocycles. The van der Waals surface area contributed by atoms with Gasteiger partial charge in [0.05, 0.1) is 0 Å². The molecule has 0 amide bonds. The maximum atomic E-state index is 12.8. The van der Waals surface area contributed by atoms with Crippen LogP contribution in [0.4, 0.5) is 0 Å². The van der Waals surface area contributed by atoms with E-state index < -0.39 is 6.10 Å². The number of esters is 3. The van der Waals surface area contributed by atoms with Gasteiger partial charge in [-0.15, -0.1) is 0 Å². The van der Waals surface area contributed by atoms with Crippen LogP contribution in [0, 0.1) is 0 Å². The number of unbranched alkanes of at least 4 members (excludes halogenated alkanes) is 25. The van der Waals surface area contributed by atoms with Crippen LogP contribution < -0.4 is 0 Å². The van der Waals surface area contributed by atoms with Gasteiger partial charge in [-0.3, -0.25) is 14.4 Å². The number of ether oxygens (including phenoxy) is 3. The molecule has 0 N–H and O–H groups in total. The van der Waals surface area contributed by atoms with Crippen molar-refractivity contribution in [1.82, 2.24) is 0 Å². The Balaban J connectivity index is 4.43. The van der Waals surface area contributed by atoms with E-state index in [9.17, 15) is 14.4 Å². The molecule has 1 unspecified atom stereocenters. The molecule has 0 bridgehead atoms. The summed E-state index contributed by atoms with van der Waals surface area (Å²) in [6.07, 6.45) is 66.0. The lowest BCUT2D eigenvalue weighted by atomic mass is 10.0. The number of carbonyl (C=O) groups is 3. The Morgan fingerprint density at radius 3 is 1.00 bits per heavy atom. The van der Waals surface area contributed by atoms with E-state index in [4.69, 9.17) is 14.2 Å². The molecule has 6 nitrogen and oxygen atoms in total. The lowest BCUT2D eigenvalue weighted by molar-refractivity contribution is -0.167. The number of hydrogen-bond donors (Lipinski definition) is 0. The highest BCUT2D eigenvalue weighted by atomic mass is 16.6. The molecule has 0 radical (unpaired) electrons. The van der Waals surface area contributed by atoms with Crippen LogP contribution in [-0.4, -0.2) is 37.2 Å². The number of hydrogen-bond acceptors (Lipinski definition) is 6. The van der Waals surface area contributed by atoms with Gasteiger partial charge in [0.15, 0.2) is 6.10 Å². The van der Waals surface area contributed by atoms with Crippen molar-refractivity contribution in [2.24, 2.45) is 0 Å². The summed E-state index contributed by atoms with van der Waals surface area (Å²) in [6, 6.07) is 0. The van der Waals surface area contributed by atoms with Crippen molar-refractivity contribution in [3.63, 3.8) is 0 Å². The normalized spacial score (nSPS) is 12.6. The van der Waals surface area contributed by atoms with Crippen molar-refractivity contribution in [2.45, 2.75) is 264 Å². The summed E-state index contributed by atoms with van der Waals surface area (Å²) in [7, 11) is 0. The molecule has 0 aliphatic carbocycles. The fourth-order valence-electron chi connectivity index (χ4n) is 7.40. The third-order valence-electron chi connectivity index (χ3n) is 11.4. The van der Waals surface area contributed by atoms with E-state index in [-0.39, 0.29) is 37.5 Å². The van der Waals surface area contributed by atoms with Crippen LogP contribution >= 0.6 is 0 Å². The van der Waals surface area contributed by atoms with Gasteiger partial charge in [-0.05, 0) is 89.9 Å². The molecule has 0 saturated heterocycles. The monoisotopic (exact) mass is 893 g/mol. The maximum Gasteiger partial charge on any atom is 0.306 e. The van der Waals surface area contributed by atoms with Crippen molar-refractivity contribution in [2.75, 3.05) is 13.2 Å². The topological polar surface area (TPSA) is 78.9 Å². The van der Waals surface area contributed by atoms with Crippen molar-refractivity contribution in [3.05, 3.63) is 72.9 Å². The molecule has 0 saturated carbocycles. The second kappa shape index (κ2) is 52.5. The van der Waals surface area contributed by atoms with Crippen molar-refractivity contribution in [1.29, 1.82) is 0 Å². The molecule has 0 aromatic rings. The number of allylic oxidation sites excluding steroid dienone is 12. The summed E-state index contributed by atoms with van der Waals surface area (Å²) in [5, 5.41) is 0. The highest BCUT2D eigenvalue weighted by molar-refractivity contribution is 5.71. The van der Waals surface area contributed by atoms with E-state index in [0.717, 1.165) is 89.9 Å². The van der Waals surface area contributed by atoms with Crippen LogP contribution in [0.1, 0.15) is 258 Å². The number of carbonyl (C=O) groups excluding carboxylic acids is 3. The fourth-order valence-corrected chi connectivity index (χ4v) is 7.40. The minimum Gasteiger partial charge on any atom is -0.462 e. The lowest BCUT2D eigenvalue weighted by Gasteiger charge is -2.18. The van der Waals surface area contributed by atoms with Crippen molar-refractivity contribution in [3.8, 4) is 0 Å². The zero-order valence-electron chi connectivity index (χ0n) is 42.0. The zero-order valence-corrected chi connectivity index (χ0v) is 42.0. The minimum atomic E-state index is -0.798. The molecule has 64 heavy (non-hydrogen) atoms. The van der Waals surface area contributed by atoms with E-state index in [1.807, 2.05) is 0 Å². The molecule has 0 aromatic carbocycles. The average Bonchev–Trinajstić information content (AvgIpc) is 3.29. The molecule has 0 heterocycles. The van der Waals surface area contributed by atoms with Crippen LogP contribution in [-0.2, 0) is 28.6 Å². The van der Waals surface area contributed by atoms with Gasteiger partial charge in [-0.1, -0.05) is 222 Å². The van der Waals surface area contributed by atoms with E-state index in [1.165, 1.54) is 122 Å². The van der Waals surface area contributed by atoms with Crippen LogP contribution in [0.25, 0.3) is 0 Å². The quantitative estimate of drug-likeness (QED) is 0.0262. The third-order valence-corrected chi connectivity index (χ3v) is 11.4. The van der Waals surface area contributed by atoms with Crippen LogP contribution in [0.15, 0.2) is 72.9 Å². The Morgan fingerprint density at radius 2 is 0.609 bits per heavy atom. The Kier molecular flexibility index (Phi) is 49.9. The third kappa shape index (κ3) is 49.9. The van der Waals surface area contributed by atoms with Crippen LogP contribution in [0.3, 0.4) is 0 Å². The highest BCUT2D eigenvalue weighted by Crippen LogP contribution is 2.15. The summed E-state index contributed by atoms with van der Waals surface area (Å²) in [5.41, 5.74) is 0. The maximum absolute atomic E-state index is 12.8. The molecular weight excluding hydrogens is 793 g/mol. The van der Waals surface area contributed by atoms with Gasteiger partial charge in [0.2, 0.25) is 0 Å². The SMILES string of the molecule is CC/C=C\C/C=C\C/C=C\C/C=C\CCCCC(=O)OC(COC(=O)CCCCCCCCC/C=C\C/C=C\CCCCCC)COC(=O)CCCCCCCCCCCCCCC. The predicted molar refractivity (Wildman–Crippen MR) is 274 cm³/mol. The Bertz CT molecular complexity index is 1210. The molecule has 0 fully saturated rings. The molecular formula is C58H100O6. The molecule has 6 heteroatoms. The Labute approximate surface area is 395 Å². The molecule has 0 rings (SSSR count). The first-order valence-corrected chi connectivity index (χ1v) is 26.9. The molecule has 1 atom stereocenters. The highest BCUT2D eigenvalue weighted by Gasteiger charge is 2.19. The van der Waals surface area contributed by atoms with Gasteiger partial charge < -0.3 is 14.2 Å². The summed E-state index contributed by atoms with van der Waals surface area (Å²) in [5.74, 6) is -0.938. The van der Waals surface area contributed by atoms with E-state index >= 15 is 0 Å².